The summed E-state index contributed by atoms with van der Waals surface area (Å²) in [4.78, 5) is 139. The average molecular weight is 2100 g/mol. The van der Waals surface area contributed by atoms with Gasteiger partial charge in [-0.3, -0.25) is 58.5 Å². The topological polar surface area (TPSA) is 500 Å². The van der Waals surface area contributed by atoms with Crippen LogP contribution in [0.3, 0.4) is 0 Å². The number of ether oxygens (including phenoxy) is 13. The number of carbonyl (C=O) groups is 10. The van der Waals surface area contributed by atoms with Crippen molar-refractivity contribution in [2.24, 2.45) is 40.2 Å². The molecule has 2 heterocycles. The zero-order valence-electron chi connectivity index (χ0n) is 90.8. The molecule has 11 atom stereocenters. The molecule has 0 radical (unpaired) electrons. The van der Waals surface area contributed by atoms with Crippen molar-refractivity contribution in [3.8, 4) is 5.75 Å². The Labute approximate surface area is 882 Å². The molecule has 840 valence electrons. The number of amides is 10. The van der Waals surface area contributed by atoms with Gasteiger partial charge in [0.2, 0.25) is 47.3 Å². The fourth-order valence-electron chi connectivity index (χ4n) is 22.2. The highest BCUT2D eigenvalue weighted by atomic mass is 16.6. The van der Waals surface area contributed by atoms with Crippen LogP contribution in [-0.2, 0) is 128 Å². The molecular formula is C108H180N17O24+. The Morgan fingerprint density at radius 1 is 0.463 bits per heavy atom. The maximum Gasteiger partial charge on any atom is 0.312 e. The number of unbranched alkanes of at least 4 members (excludes halogenated alkanes) is 1. The zero-order chi connectivity index (χ0) is 107. The smallest absolute Gasteiger partial charge is 0.312 e. The lowest BCUT2D eigenvalue weighted by Crippen LogP contribution is -2.60. The molecule has 2 fully saturated rings. The zero-order valence-corrected chi connectivity index (χ0v) is 90.8. The van der Waals surface area contributed by atoms with Crippen LogP contribution in [0.1, 0.15) is 231 Å². The van der Waals surface area contributed by atoms with Crippen molar-refractivity contribution in [3.05, 3.63) is 81.4 Å². The highest BCUT2D eigenvalue weighted by Gasteiger charge is 2.59. The van der Waals surface area contributed by atoms with Gasteiger partial charge in [-0.05, 0) is 204 Å². The van der Waals surface area contributed by atoms with Gasteiger partial charge in [-0.2, -0.15) is 0 Å². The molecule has 149 heavy (non-hydrogen) atoms. The van der Waals surface area contributed by atoms with E-state index in [2.05, 4.69) is 110 Å². The Kier molecular flexibility index (Phi) is 52.7. The second-order valence-corrected chi connectivity index (χ2v) is 42.9. The summed E-state index contributed by atoms with van der Waals surface area (Å²) in [6.45, 7) is 23.9. The third kappa shape index (κ3) is 39.6. The minimum Gasteiger partial charge on any atom is -0.508 e. The van der Waals surface area contributed by atoms with Crippen molar-refractivity contribution in [1.29, 1.82) is 0 Å². The van der Waals surface area contributed by atoms with Crippen LogP contribution >= 0.6 is 0 Å². The molecule has 41 nitrogen and oxygen atoms in total. The number of phenolic OH excluding ortho intramolecular Hbond substituents is 1. The third-order valence-electron chi connectivity index (χ3n) is 30.5. The fraction of sp³-hybridized carbons (Fsp3) is 0.759. The predicted molar refractivity (Wildman–Crippen MR) is 561 cm³/mol. The number of nitrogens with zero attached hydrogens (tertiary/aromatic N) is 3. The second kappa shape index (κ2) is 64.3. The lowest BCUT2D eigenvalue weighted by Gasteiger charge is -2.56. The molecule has 0 bridgehead atoms. The van der Waals surface area contributed by atoms with E-state index in [-0.39, 0.29) is 163 Å². The largest absolute Gasteiger partial charge is 0.508 e. The number of carbonyl (C=O) groups excluding carboxylic acids is 10. The molecule has 2 aromatic carbocycles. The van der Waals surface area contributed by atoms with Crippen LogP contribution in [0, 0.1) is 34.5 Å². The van der Waals surface area contributed by atoms with E-state index in [4.69, 9.17) is 67.3 Å². The number of anilines is 1. The van der Waals surface area contributed by atoms with Gasteiger partial charge in [0, 0.05) is 57.0 Å². The van der Waals surface area contributed by atoms with E-state index in [1.54, 1.807) is 19.9 Å². The van der Waals surface area contributed by atoms with Crippen molar-refractivity contribution in [3.63, 3.8) is 0 Å². The minimum absolute atomic E-state index is 0.00276. The maximum atomic E-state index is 15.1. The number of hydrazine groups is 4. The maximum absolute atomic E-state index is 15.1. The molecule has 41 heteroatoms. The van der Waals surface area contributed by atoms with Crippen LogP contribution in [0.15, 0.2) is 59.2 Å². The first-order chi connectivity index (χ1) is 71.8. The summed E-state index contributed by atoms with van der Waals surface area (Å²) in [5.74, 6) is -4.52. The number of quaternary nitrogens is 1. The molecule has 10 rings (SSSR count). The van der Waals surface area contributed by atoms with E-state index < -0.39 is 69.7 Å². The molecular weight excluding hydrogens is 1920 g/mol. The number of ketones is 1. The summed E-state index contributed by atoms with van der Waals surface area (Å²) in [5, 5.41) is 41.2. The average Bonchev–Trinajstić information content (AvgIpc) is 1.16. The number of aromatic hydroxyl groups is 1. The number of likely N-dealkylation sites (N-methyl/N-ethyl adjacent to an activating group) is 2. The van der Waals surface area contributed by atoms with Crippen LogP contribution in [0.4, 0.5) is 10.5 Å². The Balaban J connectivity index is 0.673. The number of hydrogen-bond donors (Lipinski definition) is 15. The van der Waals surface area contributed by atoms with Crippen molar-refractivity contribution in [2.45, 2.75) is 256 Å². The van der Waals surface area contributed by atoms with Crippen molar-refractivity contribution < 1.29 is 119 Å². The molecule has 6 aliphatic carbocycles. The highest BCUT2D eigenvalue weighted by molar-refractivity contribution is 6.01. The third-order valence-corrected chi connectivity index (χ3v) is 30.5. The van der Waals surface area contributed by atoms with Crippen LogP contribution in [0.5, 0.6) is 5.75 Å². The van der Waals surface area contributed by atoms with Gasteiger partial charge in [0.1, 0.15) is 37.2 Å². The monoisotopic (exact) mass is 2100 g/mol. The number of benzene rings is 2. The Bertz CT molecular complexity index is 4570. The number of allylic oxidation sites excluding steroid dienone is 2. The first-order valence-corrected chi connectivity index (χ1v) is 55.0. The summed E-state index contributed by atoms with van der Waals surface area (Å²) >= 11 is 0. The molecule has 0 saturated heterocycles. The van der Waals surface area contributed by atoms with Gasteiger partial charge in [-0.15, -0.1) is 11.1 Å². The van der Waals surface area contributed by atoms with Crippen molar-refractivity contribution in [1.82, 2.24) is 74.5 Å². The summed E-state index contributed by atoms with van der Waals surface area (Å²) in [6, 6.07) is 8.46. The number of nitrogens with two attached hydrogens (primary N) is 1. The van der Waals surface area contributed by atoms with Gasteiger partial charge in [0.05, 0.1) is 232 Å². The number of aryl methyl sites for hydroxylation is 2. The number of fused-ring (bicyclic) bond motifs is 6. The number of rotatable bonds is 71. The van der Waals surface area contributed by atoms with Crippen LogP contribution < -0.4 is 75.5 Å². The predicted octanol–water partition coefficient (Wildman–Crippen LogP) is 6.52. The van der Waals surface area contributed by atoms with E-state index in [9.17, 15) is 48.3 Å². The Morgan fingerprint density at radius 3 is 1.42 bits per heavy atom. The van der Waals surface area contributed by atoms with Crippen LogP contribution in [-0.4, -0.2) is 342 Å². The molecule has 2 aliphatic heterocycles. The Morgan fingerprint density at radius 2 is 0.919 bits per heavy atom. The normalized spacial score (nSPS) is 22.2. The van der Waals surface area contributed by atoms with E-state index in [0.717, 1.165) is 153 Å². The van der Waals surface area contributed by atoms with Crippen LogP contribution in [0.25, 0.3) is 0 Å². The summed E-state index contributed by atoms with van der Waals surface area (Å²) in [7, 11) is 8.12. The molecule has 16 N–H and O–H groups in total. The van der Waals surface area contributed by atoms with E-state index in [1.807, 2.05) is 56.2 Å². The van der Waals surface area contributed by atoms with Crippen LogP contribution in [0.2, 0.25) is 0 Å². The highest BCUT2D eigenvalue weighted by Crippen LogP contribution is 2.60. The van der Waals surface area contributed by atoms with E-state index in [0.29, 0.717) is 189 Å². The second-order valence-electron chi connectivity index (χ2n) is 42.9. The number of hydrogen-bond acceptors (Lipinski definition) is 31. The summed E-state index contributed by atoms with van der Waals surface area (Å²) in [6.07, 6.45) is 17.1. The molecule has 0 spiro atoms. The quantitative estimate of drug-likeness (QED) is 0.0190. The molecule has 0 aromatic heterocycles. The number of phenols is 1. The number of nitrogens with one attached hydrogen (secondary N) is 13. The van der Waals surface area contributed by atoms with Gasteiger partial charge >= 0.3 is 6.03 Å². The number of urea groups is 1. The Hall–Kier alpha value is -8.86. The fourth-order valence-corrected chi connectivity index (χ4v) is 22.2. The van der Waals surface area contributed by atoms with Crippen molar-refractivity contribution >= 4 is 64.8 Å². The van der Waals surface area contributed by atoms with E-state index in [1.165, 1.54) is 5.56 Å². The summed E-state index contributed by atoms with van der Waals surface area (Å²) < 4.78 is 76.0. The summed E-state index contributed by atoms with van der Waals surface area (Å²) in [5.41, 5.74) is 24.9. The minimum atomic E-state index is -1.14. The molecule has 2 aromatic rings. The van der Waals surface area contributed by atoms with Crippen molar-refractivity contribution in [2.75, 3.05) is 244 Å². The van der Waals surface area contributed by atoms with Gasteiger partial charge in [0.15, 0.2) is 5.78 Å². The first-order valence-electron chi connectivity index (χ1n) is 55.0. The number of Topliss-reactive ketones (excluding diaryl/α,β-unsaturated/α-hetero) is 1. The molecule has 8 aliphatic rings. The van der Waals surface area contributed by atoms with Gasteiger partial charge in [-0.25, -0.2) is 4.79 Å². The first kappa shape index (κ1) is 122. The molecule has 10 amide bonds. The SMILES string of the molecule is CNCCOCCOCCOCCN1NNC2=C1CCCCCC2OCC(=O)NCCOCCOCCOCCOCCC(=O)N[C@H](CCCCNC(=O)COC1CCCCCC2=C1NNN2CCOCCOCCOCCOCCC(=O)NCC[N+](C)(C)C)C(=O)N[C@H](C(=O)C[C@@H](CCCNC(N)=O)C(=O)Nc1ccc2c(c1)[C@@]1(C)CCC[C@](C)(C(=O)NC(=O)[C@@]3(C)CCC[C@]4(C)c5cc(O)ccc5CC[C@@H]34)[C@@H]1CC2)C(C)C. The van der Waals surface area contributed by atoms with Gasteiger partial charge in [-0.1, -0.05) is 92.2 Å². The van der Waals surface area contributed by atoms with Gasteiger partial charge in [0.25, 0.3) is 0 Å². The number of primary amides is 1. The molecule has 2 saturated carbocycles. The van der Waals surface area contributed by atoms with Gasteiger partial charge < -0.3 is 130 Å². The van der Waals surface area contributed by atoms with E-state index >= 15 is 4.79 Å². The standard InChI is InChI=1S/C108H179N17O24/c1-77(2)97(88(127)72-80(22-19-43-114-104(109)136)100(132)115-81-32-28-78-30-34-91-105(3,83(78)73-81)38-20-40-107(91,5)102(134)118-103(135)108(6)41-21-39-106(4)84-74-82(126)33-29-79(84)31-35-92(106)108)117-101(133)85(23-17-18-42-111-95(130)75-148-89-26-15-11-13-24-86-98(89)119-121-123(86)48-55-142-61-67-147-71-69-143-62-56-137-50-36-93(128)112-44-49-125(8,9)10)116-94(129)37-51-138-57-63-144-68-70-146-65-59-140-53-46-113-96(131)76-149-90-27-16-12-14-25-87-99(90)120-122-124(87)47-54-141-60-66-145-64-58-139-52-45-110-7/h28-29,32-33,73-74,77,80,85,89-92,97,110,119-122H,11-27,30-31,34-72,75-76H2,1-10H3,(H10-,109,111,112,113,114,115,116,117,118,126,128,129,130,131,132,133,134,135,136)/p+1/t80-,85-,89?,90?,91-,92-,97+,105-,106-,107+,108+/m1/s1. The number of imide groups is 1. The lowest BCUT2D eigenvalue weighted by molar-refractivity contribution is -0.869. The molecule has 2 unspecified atom stereocenters. The lowest BCUT2D eigenvalue weighted by atomic mass is 9.49.